The number of para-hydroxylation sites is 1. The van der Waals surface area contributed by atoms with Crippen LogP contribution in [-0.2, 0) is 19.1 Å². The first-order valence-electron chi connectivity index (χ1n) is 10.8. The van der Waals surface area contributed by atoms with Crippen molar-refractivity contribution in [2.75, 3.05) is 13.7 Å². The lowest BCUT2D eigenvalue weighted by molar-refractivity contribution is -0.146. The average molecular weight is 443 g/mol. The van der Waals surface area contributed by atoms with Crippen LogP contribution >= 0.6 is 0 Å². The Bertz CT molecular complexity index is 966. The Balaban J connectivity index is 1.72. The Labute approximate surface area is 186 Å². The number of rotatable bonds is 9. The van der Waals surface area contributed by atoms with Gasteiger partial charge in [0.2, 0.25) is 11.8 Å². The summed E-state index contributed by atoms with van der Waals surface area (Å²) in [4.78, 5) is 53.1. The number of methoxy groups -OCH3 is 1. The molecule has 0 spiro atoms. The van der Waals surface area contributed by atoms with Crippen molar-refractivity contribution in [2.24, 2.45) is 11.8 Å². The van der Waals surface area contributed by atoms with Crippen LogP contribution in [0.1, 0.15) is 43.6 Å². The Morgan fingerprint density at radius 3 is 2.53 bits per heavy atom. The Morgan fingerprint density at radius 2 is 1.91 bits per heavy atom. The van der Waals surface area contributed by atoms with Gasteiger partial charge in [0.05, 0.1) is 7.11 Å². The van der Waals surface area contributed by atoms with Crippen LogP contribution in [0.15, 0.2) is 30.3 Å². The maximum Gasteiger partial charge on any atom is 0.328 e. The quantitative estimate of drug-likeness (QED) is 0.437. The summed E-state index contributed by atoms with van der Waals surface area (Å²) in [6.45, 7) is 4.42. The van der Waals surface area contributed by atoms with Crippen LogP contribution < -0.4 is 16.0 Å². The number of aromatic nitrogens is 1. The third-order valence-electron chi connectivity index (χ3n) is 5.59. The van der Waals surface area contributed by atoms with Crippen molar-refractivity contribution in [1.29, 1.82) is 0 Å². The summed E-state index contributed by atoms with van der Waals surface area (Å²) in [7, 11) is 1.24. The van der Waals surface area contributed by atoms with Gasteiger partial charge in [-0.15, -0.1) is 0 Å². The number of amides is 3. The predicted octanol–water partition coefficient (Wildman–Crippen LogP) is 1.50. The highest BCUT2D eigenvalue weighted by atomic mass is 16.5. The van der Waals surface area contributed by atoms with Crippen LogP contribution in [0.2, 0.25) is 0 Å². The van der Waals surface area contributed by atoms with Gasteiger partial charge in [-0.1, -0.05) is 32.0 Å². The number of hydrogen-bond acceptors (Lipinski definition) is 5. The van der Waals surface area contributed by atoms with Gasteiger partial charge in [0, 0.05) is 23.4 Å². The lowest BCUT2D eigenvalue weighted by Gasteiger charge is -2.24. The lowest BCUT2D eigenvalue weighted by atomic mass is 9.97. The molecule has 0 aliphatic carbocycles. The largest absolute Gasteiger partial charge is 0.467 e. The number of esters is 1. The van der Waals surface area contributed by atoms with E-state index in [0.29, 0.717) is 25.1 Å². The van der Waals surface area contributed by atoms with Crippen molar-refractivity contribution >= 4 is 34.6 Å². The maximum atomic E-state index is 13.1. The standard InChI is InChI=1S/C23H30N4O5/c1-13(2)10-17(26-22(30)18-11-14-6-4-5-7-16(14)25-18)21(29)27-19(23(31)32-3)12-15-8-9-24-20(15)28/h4-7,11,13,15,17,19,25H,8-10,12H2,1-3H3,(H,24,28)(H,26,30)(H,27,29). The maximum absolute atomic E-state index is 13.1. The van der Waals surface area contributed by atoms with E-state index in [-0.39, 0.29) is 24.2 Å². The molecule has 3 unspecified atom stereocenters. The summed E-state index contributed by atoms with van der Waals surface area (Å²) in [5, 5.41) is 9.08. The SMILES string of the molecule is COC(=O)C(CC1CCNC1=O)NC(=O)C(CC(C)C)NC(=O)c1cc2ccccc2[nH]1. The van der Waals surface area contributed by atoms with E-state index in [9.17, 15) is 19.2 Å². The van der Waals surface area contributed by atoms with Crippen molar-refractivity contribution in [2.45, 2.75) is 45.2 Å². The molecule has 3 atom stereocenters. The molecule has 9 nitrogen and oxygen atoms in total. The van der Waals surface area contributed by atoms with Crippen molar-refractivity contribution in [3.63, 3.8) is 0 Å². The van der Waals surface area contributed by atoms with E-state index in [0.717, 1.165) is 10.9 Å². The molecule has 2 heterocycles. The van der Waals surface area contributed by atoms with Crippen molar-refractivity contribution in [1.82, 2.24) is 20.9 Å². The molecular formula is C23H30N4O5. The molecule has 2 aromatic rings. The Hall–Kier alpha value is -3.36. The minimum Gasteiger partial charge on any atom is -0.467 e. The average Bonchev–Trinajstić information content (AvgIpc) is 3.37. The Kier molecular flexibility index (Phi) is 7.50. The summed E-state index contributed by atoms with van der Waals surface area (Å²) in [6, 6.07) is 7.41. The normalized spacial score (nSPS) is 17.6. The number of carbonyl (C=O) groups excluding carboxylic acids is 4. The first kappa shape index (κ1) is 23.3. The minimum atomic E-state index is -0.971. The number of nitrogens with one attached hydrogen (secondary N) is 4. The molecule has 4 N–H and O–H groups in total. The van der Waals surface area contributed by atoms with Gasteiger partial charge in [-0.3, -0.25) is 14.4 Å². The fourth-order valence-electron chi connectivity index (χ4n) is 3.92. The number of H-pyrrole nitrogens is 1. The molecule has 172 valence electrons. The molecule has 0 radical (unpaired) electrons. The lowest BCUT2D eigenvalue weighted by Crippen LogP contribution is -2.53. The second kappa shape index (κ2) is 10.3. The molecule has 1 aliphatic heterocycles. The minimum absolute atomic E-state index is 0.117. The summed E-state index contributed by atoms with van der Waals surface area (Å²) >= 11 is 0. The zero-order chi connectivity index (χ0) is 23.3. The van der Waals surface area contributed by atoms with Crippen LogP contribution in [0.5, 0.6) is 0 Å². The van der Waals surface area contributed by atoms with E-state index in [2.05, 4.69) is 20.9 Å². The smallest absolute Gasteiger partial charge is 0.328 e. The molecular weight excluding hydrogens is 412 g/mol. The Morgan fingerprint density at radius 1 is 1.16 bits per heavy atom. The van der Waals surface area contributed by atoms with E-state index in [1.807, 2.05) is 38.1 Å². The first-order valence-corrected chi connectivity index (χ1v) is 10.8. The molecule has 1 saturated heterocycles. The summed E-state index contributed by atoms with van der Waals surface area (Å²) in [5.41, 5.74) is 1.17. The van der Waals surface area contributed by atoms with Gasteiger partial charge < -0.3 is 25.7 Å². The summed E-state index contributed by atoms with van der Waals surface area (Å²) in [6.07, 6.45) is 1.12. The molecule has 3 rings (SSSR count). The topological polar surface area (TPSA) is 129 Å². The van der Waals surface area contributed by atoms with E-state index >= 15 is 0 Å². The number of fused-ring (bicyclic) bond motifs is 1. The number of hydrogen-bond donors (Lipinski definition) is 4. The van der Waals surface area contributed by atoms with Gasteiger partial charge in [-0.2, -0.15) is 0 Å². The molecule has 0 bridgehead atoms. The highest BCUT2D eigenvalue weighted by Gasteiger charge is 2.34. The molecule has 1 aliphatic rings. The van der Waals surface area contributed by atoms with Gasteiger partial charge in [0.25, 0.3) is 5.91 Å². The zero-order valence-electron chi connectivity index (χ0n) is 18.6. The fraction of sp³-hybridized carbons (Fsp3) is 0.478. The number of carbonyl (C=O) groups is 4. The van der Waals surface area contributed by atoms with E-state index in [4.69, 9.17) is 4.74 Å². The van der Waals surface area contributed by atoms with Gasteiger partial charge in [0.15, 0.2) is 0 Å². The second-order valence-electron chi connectivity index (χ2n) is 8.52. The van der Waals surface area contributed by atoms with Gasteiger partial charge in [0.1, 0.15) is 17.8 Å². The molecule has 0 saturated carbocycles. The number of benzene rings is 1. The molecule has 1 aromatic heterocycles. The van der Waals surface area contributed by atoms with Gasteiger partial charge in [-0.25, -0.2) is 4.79 Å². The van der Waals surface area contributed by atoms with Crippen molar-refractivity contribution < 1.29 is 23.9 Å². The van der Waals surface area contributed by atoms with E-state index in [1.165, 1.54) is 7.11 Å². The highest BCUT2D eigenvalue weighted by molar-refractivity contribution is 6.00. The van der Waals surface area contributed by atoms with Crippen LogP contribution in [0.25, 0.3) is 10.9 Å². The van der Waals surface area contributed by atoms with E-state index in [1.54, 1.807) is 6.07 Å². The number of ether oxygens (including phenoxy) is 1. The summed E-state index contributed by atoms with van der Waals surface area (Å²) < 4.78 is 4.83. The molecule has 1 aromatic carbocycles. The van der Waals surface area contributed by atoms with Gasteiger partial charge in [-0.05, 0) is 37.3 Å². The third kappa shape index (κ3) is 5.66. The van der Waals surface area contributed by atoms with Crippen LogP contribution in [0, 0.1) is 11.8 Å². The number of aromatic amines is 1. The van der Waals surface area contributed by atoms with Gasteiger partial charge >= 0.3 is 5.97 Å². The van der Waals surface area contributed by atoms with Crippen LogP contribution in [0.4, 0.5) is 0 Å². The van der Waals surface area contributed by atoms with E-state index < -0.39 is 29.9 Å². The molecule has 1 fully saturated rings. The first-order chi connectivity index (χ1) is 15.3. The summed E-state index contributed by atoms with van der Waals surface area (Å²) in [5.74, 6) is -1.92. The van der Waals surface area contributed by atoms with Crippen molar-refractivity contribution in [3.05, 3.63) is 36.0 Å². The third-order valence-corrected chi connectivity index (χ3v) is 5.59. The molecule has 9 heteroatoms. The van der Waals surface area contributed by atoms with Crippen LogP contribution in [0.3, 0.4) is 0 Å². The van der Waals surface area contributed by atoms with Crippen molar-refractivity contribution in [3.8, 4) is 0 Å². The molecule has 32 heavy (non-hydrogen) atoms. The van der Waals surface area contributed by atoms with Crippen LogP contribution in [-0.4, -0.2) is 54.4 Å². The molecule has 3 amide bonds. The highest BCUT2D eigenvalue weighted by Crippen LogP contribution is 2.18. The predicted molar refractivity (Wildman–Crippen MR) is 119 cm³/mol. The zero-order valence-corrected chi connectivity index (χ0v) is 18.6. The fourth-order valence-corrected chi connectivity index (χ4v) is 3.92. The second-order valence-corrected chi connectivity index (χ2v) is 8.52. The monoisotopic (exact) mass is 442 g/mol.